The Kier molecular flexibility index (Phi) is 8.97. The predicted octanol–water partition coefficient (Wildman–Crippen LogP) is 6.34. The molecule has 2 amide bonds. The van der Waals surface area contributed by atoms with Crippen molar-refractivity contribution in [1.29, 1.82) is 0 Å². The fourth-order valence-corrected chi connectivity index (χ4v) is 8.72. The molecular formula is C39H42N4O3S. The first-order chi connectivity index (χ1) is 23.0. The molecule has 7 nitrogen and oxygen atoms in total. The third-order valence-electron chi connectivity index (χ3n) is 9.88. The summed E-state index contributed by atoms with van der Waals surface area (Å²) in [5.74, 6) is 0.991. The third-order valence-corrected chi connectivity index (χ3v) is 11.0. The molecule has 8 heteroatoms. The van der Waals surface area contributed by atoms with E-state index in [1.165, 1.54) is 9.79 Å². The number of rotatable bonds is 10. The lowest BCUT2D eigenvalue weighted by atomic mass is 9.70. The van der Waals surface area contributed by atoms with Crippen LogP contribution in [-0.2, 0) is 23.3 Å². The van der Waals surface area contributed by atoms with Gasteiger partial charge in [0.05, 0.1) is 7.11 Å². The van der Waals surface area contributed by atoms with Crippen LogP contribution >= 0.6 is 11.8 Å². The molecular weight excluding hydrogens is 605 g/mol. The number of nitrogens with one attached hydrogen (secondary N) is 1. The van der Waals surface area contributed by atoms with Gasteiger partial charge in [-0.2, -0.15) is 0 Å². The number of likely N-dealkylation sites (N-methyl/N-ethyl adjacent to an activating group) is 1. The fraction of sp³-hybridized carbons (Fsp3) is 0.333. The molecule has 242 valence electrons. The Morgan fingerprint density at radius 2 is 1.62 bits per heavy atom. The van der Waals surface area contributed by atoms with Crippen LogP contribution in [0.25, 0.3) is 0 Å². The van der Waals surface area contributed by atoms with Crippen LogP contribution in [0.15, 0.2) is 101 Å². The minimum atomic E-state index is -0.701. The minimum absolute atomic E-state index is 0.0913. The van der Waals surface area contributed by atoms with Gasteiger partial charge in [0, 0.05) is 66.9 Å². The van der Waals surface area contributed by atoms with Gasteiger partial charge in [-0.25, -0.2) is 0 Å². The second-order valence-electron chi connectivity index (χ2n) is 12.6. The number of amides is 2. The van der Waals surface area contributed by atoms with Gasteiger partial charge in [-0.3, -0.25) is 14.5 Å². The number of fused-ring (bicyclic) bond motifs is 3. The Bertz CT molecular complexity index is 1740. The van der Waals surface area contributed by atoms with Crippen LogP contribution in [0, 0.1) is 0 Å². The summed E-state index contributed by atoms with van der Waals surface area (Å²) in [5.41, 5.74) is 5.62. The molecule has 0 saturated carbocycles. The zero-order chi connectivity index (χ0) is 32.4. The van der Waals surface area contributed by atoms with Crippen molar-refractivity contribution in [3.05, 3.63) is 119 Å². The molecule has 0 aliphatic carbocycles. The van der Waals surface area contributed by atoms with Crippen molar-refractivity contribution in [2.75, 3.05) is 51.3 Å². The maximum atomic E-state index is 14.0. The van der Waals surface area contributed by atoms with Crippen molar-refractivity contribution in [3.8, 4) is 5.75 Å². The van der Waals surface area contributed by atoms with Crippen LogP contribution in [0.3, 0.4) is 0 Å². The summed E-state index contributed by atoms with van der Waals surface area (Å²) >= 11 is 1.76. The molecule has 3 aliphatic rings. The number of piperazine rings is 1. The molecule has 0 spiro atoms. The molecule has 0 aromatic heterocycles. The van der Waals surface area contributed by atoms with Crippen LogP contribution < -0.4 is 15.0 Å². The number of carbonyl (C=O) groups is 2. The summed E-state index contributed by atoms with van der Waals surface area (Å²) in [6, 6.07) is 31.1. The van der Waals surface area contributed by atoms with Crippen molar-refractivity contribution in [3.63, 3.8) is 0 Å². The van der Waals surface area contributed by atoms with Crippen molar-refractivity contribution in [2.45, 2.75) is 48.1 Å². The summed E-state index contributed by atoms with van der Waals surface area (Å²) in [7, 11) is 1.66. The zero-order valence-corrected chi connectivity index (χ0v) is 28.0. The number of carbonyl (C=O) groups excluding carboxylic acids is 2. The Labute approximate surface area is 281 Å². The van der Waals surface area contributed by atoms with Gasteiger partial charge in [0.2, 0.25) is 5.91 Å². The Morgan fingerprint density at radius 1 is 0.894 bits per heavy atom. The molecule has 4 aromatic carbocycles. The van der Waals surface area contributed by atoms with E-state index >= 15 is 0 Å². The molecule has 0 radical (unpaired) electrons. The molecule has 0 unspecified atom stereocenters. The largest absolute Gasteiger partial charge is 0.497 e. The van der Waals surface area contributed by atoms with Crippen LogP contribution in [0.4, 0.5) is 5.69 Å². The lowest BCUT2D eigenvalue weighted by Crippen LogP contribution is -2.49. The molecule has 1 fully saturated rings. The van der Waals surface area contributed by atoms with E-state index in [1.807, 2.05) is 36.1 Å². The van der Waals surface area contributed by atoms with Crippen LogP contribution in [0.1, 0.15) is 52.4 Å². The highest BCUT2D eigenvalue weighted by Gasteiger charge is 2.46. The summed E-state index contributed by atoms with van der Waals surface area (Å²) in [6.07, 6.45) is 1.67. The van der Waals surface area contributed by atoms with E-state index < -0.39 is 5.41 Å². The normalized spacial score (nSPS) is 16.8. The van der Waals surface area contributed by atoms with Crippen LogP contribution in [-0.4, -0.2) is 68.0 Å². The highest BCUT2D eigenvalue weighted by Crippen LogP contribution is 2.51. The molecule has 7 rings (SSSR count). The minimum Gasteiger partial charge on any atom is -0.497 e. The smallest absolute Gasteiger partial charge is 0.254 e. The van der Waals surface area contributed by atoms with E-state index in [0.717, 1.165) is 84.8 Å². The standard InChI is InChI=1S/C39H42N4O3S/c1-3-40-38(45)39(33-12-4-6-14-35(33)47-36-15-7-5-13-34(36)39)18-9-19-41-20-22-42(23-21-41)30-17-16-29-27-43(37(44)32(29)25-30)26-28-10-8-11-31(24-28)46-2/h4-8,10-17,24-25H,3,9,18-23,26-27H2,1-2H3,(H,40,45). The number of hydrogen-bond acceptors (Lipinski definition) is 6. The SMILES string of the molecule is CCNC(=O)C1(CCCN2CCN(c3ccc4c(c3)C(=O)N(Cc3cccc(OC)c3)C4)CC2)c2ccccc2Sc2ccccc21. The van der Waals surface area contributed by atoms with Gasteiger partial charge >= 0.3 is 0 Å². The van der Waals surface area contributed by atoms with Gasteiger partial charge in [-0.05, 0) is 85.0 Å². The van der Waals surface area contributed by atoms with Crippen molar-refractivity contribution in [2.24, 2.45) is 0 Å². The van der Waals surface area contributed by atoms with Gasteiger partial charge in [-0.1, -0.05) is 66.4 Å². The van der Waals surface area contributed by atoms with Crippen LogP contribution in [0.2, 0.25) is 0 Å². The van der Waals surface area contributed by atoms with Gasteiger partial charge in [0.1, 0.15) is 11.2 Å². The fourth-order valence-electron chi connectivity index (χ4n) is 7.48. The Hall–Kier alpha value is -4.27. The number of benzene rings is 4. The first-order valence-corrected chi connectivity index (χ1v) is 17.5. The molecule has 3 heterocycles. The number of anilines is 1. The quantitative estimate of drug-likeness (QED) is 0.217. The number of methoxy groups -OCH3 is 1. The number of nitrogens with zero attached hydrogens (tertiary/aromatic N) is 3. The van der Waals surface area contributed by atoms with Crippen molar-refractivity contribution in [1.82, 2.24) is 15.1 Å². The van der Waals surface area contributed by atoms with Crippen LogP contribution in [0.5, 0.6) is 5.75 Å². The Morgan fingerprint density at radius 3 is 2.32 bits per heavy atom. The monoisotopic (exact) mass is 646 g/mol. The molecule has 0 atom stereocenters. The van der Waals surface area contributed by atoms with Crippen molar-refractivity contribution >= 4 is 29.3 Å². The predicted molar refractivity (Wildman–Crippen MR) is 187 cm³/mol. The van der Waals surface area contributed by atoms with Gasteiger partial charge in [-0.15, -0.1) is 0 Å². The number of hydrogen-bond donors (Lipinski definition) is 1. The molecule has 3 aliphatic heterocycles. The third kappa shape index (κ3) is 6.01. The van der Waals surface area contributed by atoms with Gasteiger partial charge in [0.15, 0.2) is 0 Å². The van der Waals surface area contributed by atoms with E-state index in [2.05, 4.69) is 81.8 Å². The lowest BCUT2D eigenvalue weighted by Gasteiger charge is -2.40. The van der Waals surface area contributed by atoms with Crippen molar-refractivity contribution < 1.29 is 14.3 Å². The molecule has 1 N–H and O–H groups in total. The maximum Gasteiger partial charge on any atom is 0.254 e. The zero-order valence-electron chi connectivity index (χ0n) is 27.2. The summed E-state index contributed by atoms with van der Waals surface area (Å²) < 4.78 is 5.37. The second-order valence-corrected chi connectivity index (χ2v) is 13.7. The highest BCUT2D eigenvalue weighted by molar-refractivity contribution is 7.99. The number of ether oxygens (including phenoxy) is 1. The lowest BCUT2D eigenvalue weighted by molar-refractivity contribution is -0.125. The summed E-state index contributed by atoms with van der Waals surface area (Å²) in [5, 5.41) is 3.19. The van der Waals surface area contributed by atoms with E-state index in [4.69, 9.17) is 4.74 Å². The van der Waals surface area contributed by atoms with E-state index in [0.29, 0.717) is 19.6 Å². The highest BCUT2D eigenvalue weighted by atomic mass is 32.2. The maximum absolute atomic E-state index is 14.0. The Balaban J connectivity index is 0.995. The van der Waals surface area contributed by atoms with E-state index in [-0.39, 0.29) is 11.8 Å². The summed E-state index contributed by atoms with van der Waals surface area (Å²) in [6.45, 7) is 8.45. The molecule has 4 aromatic rings. The topological polar surface area (TPSA) is 65.1 Å². The average molecular weight is 647 g/mol. The van der Waals surface area contributed by atoms with E-state index in [1.54, 1.807) is 18.9 Å². The molecule has 0 bridgehead atoms. The second kappa shape index (κ2) is 13.5. The molecule has 1 saturated heterocycles. The average Bonchev–Trinajstić information content (AvgIpc) is 3.42. The summed E-state index contributed by atoms with van der Waals surface area (Å²) in [4.78, 5) is 36.6. The first-order valence-electron chi connectivity index (χ1n) is 16.7. The van der Waals surface area contributed by atoms with Gasteiger partial charge < -0.3 is 19.9 Å². The van der Waals surface area contributed by atoms with E-state index in [9.17, 15) is 9.59 Å². The first kappa shape index (κ1) is 31.3. The molecule has 47 heavy (non-hydrogen) atoms. The van der Waals surface area contributed by atoms with Gasteiger partial charge in [0.25, 0.3) is 5.91 Å².